The molecule has 0 radical (unpaired) electrons. The van der Waals surface area contributed by atoms with E-state index in [0.29, 0.717) is 34.9 Å². The van der Waals surface area contributed by atoms with Gasteiger partial charge >= 0.3 is 0 Å². The summed E-state index contributed by atoms with van der Waals surface area (Å²) in [6.07, 6.45) is 2.65. The Labute approximate surface area is 186 Å². The van der Waals surface area contributed by atoms with Gasteiger partial charge in [-0.1, -0.05) is 6.07 Å². The van der Waals surface area contributed by atoms with E-state index in [4.69, 9.17) is 0 Å². The quantitative estimate of drug-likeness (QED) is 0.479. The molecule has 160 valence electrons. The van der Waals surface area contributed by atoms with Gasteiger partial charge < -0.3 is 5.32 Å². The maximum atomic E-state index is 13.2. The predicted molar refractivity (Wildman–Crippen MR) is 121 cm³/mol. The van der Waals surface area contributed by atoms with Crippen molar-refractivity contribution in [3.63, 3.8) is 0 Å². The van der Waals surface area contributed by atoms with Gasteiger partial charge in [-0.25, -0.2) is 14.1 Å². The van der Waals surface area contributed by atoms with Gasteiger partial charge in [-0.3, -0.25) is 14.9 Å². The highest BCUT2D eigenvalue weighted by Crippen LogP contribution is 2.31. The van der Waals surface area contributed by atoms with Crippen LogP contribution in [0.2, 0.25) is 0 Å². The number of anilines is 2. The monoisotopic (exact) mass is 447 g/mol. The van der Waals surface area contributed by atoms with Gasteiger partial charge in [0.05, 0.1) is 28.8 Å². The van der Waals surface area contributed by atoms with Gasteiger partial charge in [0.1, 0.15) is 5.82 Å². The second kappa shape index (κ2) is 8.01. The smallest absolute Gasteiger partial charge is 0.260 e. The second-order valence-electron chi connectivity index (χ2n) is 7.44. The average Bonchev–Trinajstić information content (AvgIpc) is 3.40. The number of benzene rings is 2. The fraction of sp³-hybridized carbons (Fsp3) is 0.130. The molecule has 0 bridgehead atoms. The van der Waals surface area contributed by atoms with Crippen LogP contribution >= 0.6 is 11.3 Å². The van der Waals surface area contributed by atoms with Crippen LogP contribution in [-0.2, 0) is 11.2 Å². The molecule has 0 fully saturated rings. The summed E-state index contributed by atoms with van der Waals surface area (Å²) in [5.74, 6) is -0.619. The van der Waals surface area contributed by atoms with Crippen LogP contribution < -0.4 is 10.6 Å². The van der Waals surface area contributed by atoms with Gasteiger partial charge in [0, 0.05) is 23.1 Å². The third-order valence-corrected chi connectivity index (χ3v) is 6.10. The molecule has 9 heteroatoms. The maximum absolute atomic E-state index is 13.2. The number of carbonyl (C=O) groups excluding carboxylic acids is 2. The molecule has 0 saturated heterocycles. The Kier molecular flexibility index (Phi) is 5.02. The molecule has 2 aromatic heterocycles. The van der Waals surface area contributed by atoms with Crippen molar-refractivity contribution >= 4 is 34.0 Å². The Hall–Kier alpha value is -3.85. The predicted octanol–water partition coefficient (Wildman–Crippen LogP) is 4.58. The lowest BCUT2D eigenvalue weighted by atomic mass is 9.99. The van der Waals surface area contributed by atoms with Gasteiger partial charge in [0.2, 0.25) is 5.91 Å². The normalized spacial score (nSPS) is 12.9. The van der Waals surface area contributed by atoms with E-state index in [9.17, 15) is 14.0 Å². The van der Waals surface area contributed by atoms with Gasteiger partial charge in [0.25, 0.3) is 5.91 Å². The van der Waals surface area contributed by atoms with Crippen molar-refractivity contribution in [3.8, 4) is 16.9 Å². The Morgan fingerprint density at radius 2 is 2.00 bits per heavy atom. The molecule has 0 spiro atoms. The minimum absolute atomic E-state index is 0.0296. The number of hydrogen-bond acceptors (Lipinski definition) is 5. The number of carbonyl (C=O) groups is 2. The number of halogens is 1. The number of hydrogen-bond donors (Lipinski definition) is 2. The van der Waals surface area contributed by atoms with Crippen LogP contribution in [-0.4, -0.2) is 26.6 Å². The van der Waals surface area contributed by atoms with Crippen molar-refractivity contribution in [2.24, 2.45) is 0 Å². The summed E-state index contributed by atoms with van der Waals surface area (Å²) in [5.41, 5.74) is 5.31. The Bertz CT molecular complexity index is 1340. The van der Waals surface area contributed by atoms with Crippen molar-refractivity contribution < 1.29 is 14.0 Å². The van der Waals surface area contributed by atoms with E-state index >= 15 is 0 Å². The number of amides is 2. The van der Waals surface area contributed by atoms with Crippen molar-refractivity contribution in [2.45, 2.75) is 19.8 Å². The molecule has 3 heterocycles. The summed E-state index contributed by atoms with van der Waals surface area (Å²) in [4.78, 5) is 28.9. The van der Waals surface area contributed by atoms with Crippen molar-refractivity contribution in [3.05, 3.63) is 76.7 Å². The number of nitrogens with zero attached hydrogens (tertiary/aromatic N) is 3. The number of fused-ring (bicyclic) bond motifs is 1. The first-order valence-corrected chi connectivity index (χ1v) is 10.9. The number of aromatic nitrogens is 3. The molecule has 0 saturated carbocycles. The average molecular weight is 447 g/mol. The van der Waals surface area contributed by atoms with E-state index < -0.39 is 0 Å². The van der Waals surface area contributed by atoms with Gasteiger partial charge in [0.15, 0.2) is 5.13 Å². The summed E-state index contributed by atoms with van der Waals surface area (Å²) >= 11 is 1.33. The van der Waals surface area contributed by atoms with Crippen molar-refractivity contribution in [1.82, 2.24) is 14.8 Å². The van der Waals surface area contributed by atoms with E-state index in [-0.39, 0.29) is 17.6 Å². The highest BCUT2D eigenvalue weighted by Gasteiger charge is 2.18. The van der Waals surface area contributed by atoms with E-state index in [2.05, 4.69) is 20.7 Å². The Morgan fingerprint density at radius 3 is 2.81 bits per heavy atom. The fourth-order valence-corrected chi connectivity index (χ4v) is 4.36. The van der Waals surface area contributed by atoms with Gasteiger partial charge in [-0.15, -0.1) is 11.3 Å². The molecule has 32 heavy (non-hydrogen) atoms. The number of nitrogens with one attached hydrogen (secondary N) is 2. The molecule has 1 aliphatic heterocycles. The highest BCUT2D eigenvalue weighted by molar-refractivity contribution is 7.14. The number of rotatable bonds is 4. The minimum Gasteiger partial charge on any atom is -0.326 e. The van der Waals surface area contributed by atoms with Crippen LogP contribution in [0.3, 0.4) is 0 Å². The third-order valence-electron chi connectivity index (χ3n) is 5.35. The van der Waals surface area contributed by atoms with E-state index in [1.807, 2.05) is 23.6 Å². The highest BCUT2D eigenvalue weighted by atomic mass is 32.1. The molecule has 2 aromatic carbocycles. The minimum atomic E-state index is -0.334. The fourth-order valence-electron chi connectivity index (χ4n) is 3.65. The van der Waals surface area contributed by atoms with Crippen LogP contribution in [0.25, 0.3) is 16.9 Å². The van der Waals surface area contributed by atoms with Gasteiger partial charge in [-0.05, 0) is 55.3 Å². The zero-order valence-electron chi connectivity index (χ0n) is 17.1. The standard InChI is InChI=1S/C23H18FN5O2S/c1-13-18(11-25-29(13)17-6-4-16(24)5-7-17)22(31)28-23-27-20(12-32-23)15-2-8-19-14(10-15)3-9-21(30)26-19/h2,4-8,10-12H,3,9H2,1H3,(H,26,30)(H,27,28,31). The van der Waals surface area contributed by atoms with Crippen LogP contribution in [0.5, 0.6) is 0 Å². The molecular weight excluding hydrogens is 429 g/mol. The summed E-state index contributed by atoms with van der Waals surface area (Å²) in [6.45, 7) is 1.78. The van der Waals surface area contributed by atoms with Crippen LogP contribution in [0.4, 0.5) is 15.2 Å². The molecular formula is C23H18FN5O2S. The second-order valence-corrected chi connectivity index (χ2v) is 8.30. The zero-order valence-corrected chi connectivity index (χ0v) is 17.9. The first-order chi connectivity index (χ1) is 15.5. The molecule has 1 aliphatic rings. The van der Waals surface area contributed by atoms with Gasteiger partial charge in [-0.2, -0.15) is 5.10 Å². The topological polar surface area (TPSA) is 88.9 Å². The lowest BCUT2D eigenvalue weighted by Gasteiger charge is -2.17. The molecule has 4 aromatic rings. The molecule has 5 rings (SSSR count). The van der Waals surface area contributed by atoms with Crippen LogP contribution in [0.15, 0.2) is 54.0 Å². The van der Waals surface area contributed by atoms with Crippen molar-refractivity contribution in [2.75, 3.05) is 10.6 Å². The first-order valence-electron chi connectivity index (χ1n) is 9.98. The third kappa shape index (κ3) is 3.78. The molecule has 0 atom stereocenters. The summed E-state index contributed by atoms with van der Waals surface area (Å²) in [7, 11) is 0. The summed E-state index contributed by atoms with van der Waals surface area (Å²) < 4.78 is 14.8. The van der Waals surface area contributed by atoms with E-state index in [1.54, 1.807) is 23.7 Å². The van der Waals surface area contributed by atoms with Crippen molar-refractivity contribution in [1.29, 1.82) is 0 Å². The molecule has 2 N–H and O–H groups in total. The Balaban J connectivity index is 1.33. The SMILES string of the molecule is Cc1c(C(=O)Nc2nc(-c3ccc4c(c3)CCC(=O)N4)cs2)cnn1-c1ccc(F)cc1. The maximum Gasteiger partial charge on any atom is 0.260 e. The molecule has 2 amide bonds. The summed E-state index contributed by atoms with van der Waals surface area (Å²) in [5, 5.41) is 12.3. The van der Waals surface area contributed by atoms with E-state index in [0.717, 1.165) is 22.5 Å². The van der Waals surface area contributed by atoms with E-state index in [1.165, 1.54) is 29.7 Å². The van der Waals surface area contributed by atoms with Crippen LogP contribution in [0, 0.1) is 12.7 Å². The lowest BCUT2D eigenvalue weighted by Crippen LogP contribution is -2.18. The molecule has 0 unspecified atom stereocenters. The van der Waals surface area contributed by atoms with Crippen LogP contribution in [0.1, 0.15) is 28.0 Å². The first kappa shape index (κ1) is 20.1. The molecule has 7 nitrogen and oxygen atoms in total. The number of thiazole rings is 1. The molecule has 0 aliphatic carbocycles. The Morgan fingerprint density at radius 1 is 1.19 bits per heavy atom. The number of aryl methyl sites for hydroxylation is 1. The largest absolute Gasteiger partial charge is 0.326 e. The lowest BCUT2D eigenvalue weighted by molar-refractivity contribution is -0.116. The zero-order chi connectivity index (χ0) is 22.2. The summed E-state index contributed by atoms with van der Waals surface area (Å²) in [6, 6.07) is 11.7.